The molecule has 18 heavy (non-hydrogen) atoms. The number of aryl methyl sites for hydroxylation is 1. The lowest BCUT2D eigenvalue weighted by atomic mass is 9.85. The van der Waals surface area contributed by atoms with Gasteiger partial charge in [-0.15, -0.1) is 0 Å². The molecule has 0 aromatic carbocycles. The molecule has 3 heteroatoms. The molecule has 0 radical (unpaired) electrons. The lowest BCUT2D eigenvalue weighted by molar-refractivity contribution is 0.273. The third-order valence-electron chi connectivity index (χ3n) is 4.06. The van der Waals surface area contributed by atoms with Crippen LogP contribution >= 0.6 is 0 Å². The first-order chi connectivity index (χ1) is 8.82. The standard InChI is InChI=1S/C15H27N3/c1-3-9-15(10-6-5-7-11-16-15)14-8-12-17-18(14)13-4-2/h8,12,16H,3-7,9-11,13H2,1-2H3. The van der Waals surface area contributed by atoms with Gasteiger partial charge in [0, 0.05) is 12.7 Å². The van der Waals surface area contributed by atoms with Crippen LogP contribution in [0, 0.1) is 0 Å². The van der Waals surface area contributed by atoms with E-state index in [0.29, 0.717) is 0 Å². The summed E-state index contributed by atoms with van der Waals surface area (Å²) in [6, 6.07) is 2.23. The van der Waals surface area contributed by atoms with Crippen LogP contribution in [0.25, 0.3) is 0 Å². The van der Waals surface area contributed by atoms with Gasteiger partial charge in [-0.3, -0.25) is 4.68 Å². The summed E-state index contributed by atoms with van der Waals surface area (Å²) in [6.07, 6.45) is 10.8. The van der Waals surface area contributed by atoms with Crippen molar-refractivity contribution in [2.24, 2.45) is 0 Å². The van der Waals surface area contributed by atoms with E-state index in [1.807, 2.05) is 6.20 Å². The Morgan fingerprint density at radius 2 is 2.17 bits per heavy atom. The van der Waals surface area contributed by atoms with Gasteiger partial charge in [0.2, 0.25) is 0 Å². The summed E-state index contributed by atoms with van der Waals surface area (Å²) < 4.78 is 2.22. The van der Waals surface area contributed by atoms with Crippen molar-refractivity contribution in [2.75, 3.05) is 6.54 Å². The maximum Gasteiger partial charge on any atom is 0.0605 e. The largest absolute Gasteiger partial charge is 0.306 e. The molecule has 1 atom stereocenters. The third kappa shape index (κ3) is 2.77. The van der Waals surface area contributed by atoms with Crippen molar-refractivity contribution in [3.8, 4) is 0 Å². The molecule has 0 amide bonds. The van der Waals surface area contributed by atoms with E-state index < -0.39 is 0 Å². The molecule has 0 aliphatic carbocycles. The maximum absolute atomic E-state index is 4.52. The molecular weight excluding hydrogens is 222 g/mol. The van der Waals surface area contributed by atoms with Crippen molar-refractivity contribution in [2.45, 2.75) is 70.9 Å². The van der Waals surface area contributed by atoms with E-state index in [9.17, 15) is 0 Å². The van der Waals surface area contributed by atoms with Crippen molar-refractivity contribution < 1.29 is 0 Å². The first-order valence-electron chi connectivity index (χ1n) is 7.59. The fraction of sp³-hybridized carbons (Fsp3) is 0.800. The SMILES string of the molecule is CCCn1nccc1C1(CCC)CCCCCN1. The highest BCUT2D eigenvalue weighted by molar-refractivity contribution is 5.16. The molecule has 0 bridgehead atoms. The van der Waals surface area contributed by atoms with Gasteiger partial charge < -0.3 is 5.32 Å². The molecule has 1 aliphatic rings. The minimum absolute atomic E-state index is 0.178. The highest BCUT2D eigenvalue weighted by Crippen LogP contribution is 2.34. The zero-order valence-electron chi connectivity index (χ0n) is 11.9. The molecule has 1 fully saturated rings. The van der Waals surface area contributed by atoms with Crippen LogP contribution < -0.4 is 5.32 Å². The Hall–Kier alpha value is -0.830. The van der Waals surface area contributed by atoms with E-state index in [-0.39, 0.29) is 5.54 Å². The highest BCUT2D eigenvalue weighted by atomic mass is 15.3. The first-order valence-corrected chi connectivity index (χ1v) is 7.59. The predicted octanol–water partition coefficient (Wildman–Crippen LogP) is 3.45. The summed E-state index contributed by atoms with van der Waals surface area (Å²) in [4.78, 5) is 0. The van der Waals surface area contributed by atoms with Crippen LogP contribution in [-0.2, 0) is 12.1 Å². The van der Waals surface area contributed by atoms with Crippen molar-refractivity contribution >= 4 is 0 Å². The van der Waals surface area contributed by atoms with Gasteiger partial charge in [0.1, 0.15) is 0 Å². The molecule has 1 N–H and O–H groups in total. The Labute approximate surface area is 111 Å². The molecule has 1 aromatic heterocycles. The number of nitrogens with one attached hydrogen (secondary N) is 1. The molecule has 1 unspecified atom stereocenters. The number of hydrogen-bond acceptors (Lipinski definition) is 2. The molecule has 2 rings (SSSR count). The highest BCUT2D eigenvalue weighted by Gasteiger charge is 2.34. The van der Waals surface area contributed by atoms with E-state index in [4.69, 9.17) is 0 Å². The fourth-order valence-corrected chi connectivity index (χ4v) is 3.26. The molecule has 1 saturated heterocycles. The summed E-state index contributed by atoms with van der Waals surface area (Å²) in [6.45, 7) is 6.69. The van der Waals surface area contributed by atoms with Gasteiger partial charge >= 0.3 is 0 Å². The second kappa shape index (κ2) is 6.37. The van der Waals surface area contributed by atoms with Crippen LogP contribution in [0.2, 0.25) is 0 Å². The van der Waals surface area contributed by atoms with E-state index in [2.05, 4.69) is 35.0 Å². The Balaban J connectivity index is 2.29. The van der Waals surface area contributed by atoms with Crippen molar-refractivity contribution in [3.05, 3.63) is 18.0 Å². The topological polar surface area (TPSA) is 29.9 Å². The van der Waals surface area contributed by atoms with Gasteiger partial charge in [0.15, 0.2) is 0 Å². The van der Waals surface area contributed by atoms with E-state index >= 15 is 0 Å². The molecule has 102 valence electrons. The fourth-order valence-electron chi connectivity index (χ4n) is 3.26. The molecule has 1 aliphatic heterocycles. The van der Waals surface area contributed by atoms with Gasteiger partial charge in [-0.1, -0.05) is 33.1 Å². The van der Waals surface area contributed by atoms with Gasteiger partial charge in [-0.05, 0) is 38.3 Å². The lowest BCUT2D eigenvalue weighted by Gasteiger charge is -2.34. The Morgan fingerprint density at radius 1 is 1.28 bits per heavy atom. The normalized spacial score (nSPS) is 25.0. The minimum Gasteiger partial charge on any atom is -0.306 e. The summed E-state index contributed by atoms with van der Waals surface area (Å²) >= 11 is 0. The van der Waals surface area contributed by atoms with Crippen LogP contribution in [0.15, 0.2) is 12.3 Å². The molecule has 0 spiro atoms. The summed E-state index contributed by atoms with van der Waals surface area (Å²) in [5, 5.41) is 8.35. The Bertz CT molecular complexity index is 348. The number of hydrogen-bond donors (Lipinski definition) is 1. The molecule has 1 aromatic rings. The van der Waals surface area contributed by atoms with E-state index in [0.717, 1.165) is 19.5 Å². The number of rotatable bonds is 5. The molecule has 3 nitrogen and oxygen atoms in total. The summed E-state index contributed by atoms with van der Waals surface area (Å²) in [5.74, 6) is 0. The molecular formula is C15H27N3. The first kappa shape index (κ1) is 13.6. The predicted molar refractivity (Wildman–Crippen MR) is 75.6 cm³/mol. The molecule has 2 heterocycles. The smallest absolute Gasteiger partial charge is 0.0605 e. The average molecular weight is 249 g/mol. The van der Waals surface area contributed by atoms with Crippen LogP contribution in [0.5, 0.6) is 0 Å². The van der Waals surface area contributed by atoms with Crippen LogP contribution in [0.4, 0.5) is 0 Å². The van der Waals surface area contributed by atoms with Crippen molar-refractivity contribution in [1.82, 2.24) is 15.1 Å². The van der Waals surface area contributed by atoms with Gasteiger partial charge in [0.05, 0.1) is 11.2 Å². The lowest BCUT2D eigenvalue weighted by Crippen LogP contribution is -2.43. The molecule has 0 saturated carbocycles. The quantitative estimate of drug-likeness (QED) is 0.866. The zero-order chi connectivity index (χ0) is 12.8. The third-order valence-corrected chi connectivity index (χ3v) is 4.06. The Morgan fingerprint density at radius 3 is 2.94 bits per heavy atom. The monoisotopic (exact) mass is 249 g/mol. The van der Waals surface area contributed by atoms with Gasteiger partial charge in [0.25, 0.3) is 0 Å². The van der Waals surface area contributed by atoms with Crippen molar-refractivity contribution in [1.29, 1.82) is 0 Å². The minimum atomic E-state index is 0.178. The number of aromatic nitrogens is 2. The second-order valence-corrected chi connectivity index (χ2v) is 5.51. The van der Waals surface area contributed by atoms with Crippen LogP contribution in [-0.4, -0.2) is 16.3 Å². The maximum atomic E-state index is 4.52. The van der Waals surface area contributed by atoms with Crippen molar-refractivity contribution in [3.63, 3.8) is 0 Å². The zero-order valence-corrected chi connectivity index (χ0v) is 11.9. The summed E-state index contributed by atoms with van der Waals surface area (Å²) in [7, 11) is 0. The van der Waals surface area contributed by atoms with E-state index in [1.54, 1.807) is 0 Å². The Kier molecular flexibility index (Phi) is 4.81. The second-order valence-electron chi connectivity index (χ2n) is 5.51. The van der Waals surface area contributed by atoms with Crippen LogP contribution in [0.3, 0.4) is 0 Å². The van der Waals surface area contributed by atoms with Gasteiger partial charge in [-0.25, -0.2) is 0 Å². The number of nitrogens with zero attached hydrogens (tertiary/aromatic N) is 2. The van der Waals surface area contributed by atoms with Gasteiger partial charge in [-0.2, -0.15) is 5.10 Å². The summed E-state index contributed by atoms with van der Waals surface area (Å²) in [5.41, 5.74) is 1.59. The van der Waals surface area contributed by atoms with E-state index in [1.165, 1.54) is 44.2 Å². The average Bonchev–Trinajstić information content (AvgIpc) is 2.70. The van der Waals surface area contributed by atoms with Crippen LogP contribution in [0.1, 0.15) is 64.5 Å².